The first-order valence-corrected chi connectivity index (χ1v) is 7.64. The molecule has 0 bridgehead atoms. The summed E-state index contributed by atoms with van der Waals surface area (Å²) in [5, 5.41) is 0.181. The average Bonchev–Trinajstić information content (AvgIpc) is 2.30. The Labute approximate surface area is 107 Å². The summed E-state index contributed by atoms with van der Waals surface area (Å²) in [4.78, 5) is 0. The van der Waals surface area contributed by atoms with Gasteiger partial charge >= 0.3 is 0 Å². The molecule has 0 aliphatic carbocycles. The van der Waals surface area contributed by atoms with Crippen molar-refractivity contribution in [2.75, 3.05) is 5.75 Å². The number of benzene rings is 1. The lowest BCUT2D eigenvalue weighted by Crippen LogP contribution is -2.22. The molecular weight excluding hydrogens is 230 g/mol. The van der Waals surface area contributed by atoms with E-state index in [0.29, 0.717) is 5.75 Å². The van der Waals surface area contributed by atoms with Crippen LogP contribution in [0.4, 0.5) is 0 Å². The van der Waals surface area contributed by atoms with E-state index in [4.69, 9.17) is 5.73 Å². The molecule has 0 aromatic heterocycles. The maximum Gasteiger partial charge on any atom is 0.0431 e. The second kappa shape index (κ2) is 6.92. The van der Waals surface area contributed by atoms with Gasteiger partial charge in [-0.1, -0.05) is 51.5 Å². The second-order valence-electron chi connectivity index (χ2n) is 4.69. The quantitative estimate of drug-likeness (QED) is 0.847. The molecule has 2 nitrogen and oxygen atoms in total. The van der Waals surface area contributed by atoms with Crippen LogP contribution in [0.25, 0.3) is 0 Å². The van der Waals surface area contributed by atoms with E-state index in [0.717, 1.165) is 18.4 Å². The lowest BCUT2D eigenvalue weighted by atomic mass is 10.0. The molecule has 0 heterocycles. The first-order chi connectivity index (χ1) is 8.04. The molecule has 1 aromatic rings. The molecule has 0 fully saturated rings. The normalized spacial score (nSPS) is 14.9. The van der Waals surface area contributed by atoms with Crippen LogP contribution in [0.3, 0.4) is 0 Å². The second-order valence-corrected chi connectivity index (χ2v) is 6.73. The summed E-state index contributed by atoms with van der Waals surface area (Å²) in [5.74, 6) is 0.546. The highest BCUT2D eigenvalue weighted by Gasteiger charge is 2.12. The first-order valence-electron chi connectivity index (χ1n) is 6.26. The van der Waals surface area contributed by atoms with E-state index >= 15 is 0 Å². The first kappa shape index (κ1) is 14.4. The third-order valence-electron chi connectivity index (χ3n) is 2.82. The Hall–Kier alpha value is -0.670. The number of hydrogen-bond acceptors (Lipinski definition) is 2. The molecule has 2 N–H and O–H groups in total. The van der Waals surface area contributed by atoms with Crippen molar-refractivity contribution >= 4 is 10.8 Å². The van der Waals surface area contributed by atoms with Crippen molar-refractivity contribution in [2.24, 2.45) is 5.73 Å². The SMILES string of the molecule is CCCc1ccc(C(N)CS(=O)C(C)C)cc1. The Balaban J connectivity index is 2.63. The van der Waals surface area contributed by atoms with Gasteiger partial charge in [-0.05, 0) is 17.5 Å². The van der Waals surface area contributed by atoms with E-state index in [1.54, 1.807) is 0 Å². The largest absolute Gasteiger partial charge is 0.323 e. The average molecular weight is 253 g/mol. The van der Waals surface area contributed by atoms with E-state index in [2.05, 4.69) is 31.2 Å². The third kappa shape index (κ3) is 4.60. The molecule has 17 heavy (non-hydrogen) atoms. The summed E-state index contributed by atoms with van der Waals surface area (Å²) >= 11 is 0. The molecular formula is C14H23NOS. The van der Waals surface area contributed by atoms with Crippen LogP contribution in [0.2, 0.25) is 0 Å². The maximum absolute atomic E-state index is 11.7. The standard InChI is InChI=1S/C14H23NOS/c1-4-5-12-6-8-13(9-7-12)14(15)10-17(16)11(2)3/h6-9,11,14H,4-5,10,15H2,1-3H3. The van der Waals surface area contributed by atoms with Gasteiger partial charge in [0.25, 0.3) is 0 Å². The molecule has 0 spiro atoms. The summed E-state index contributed by atoms with van der Waals surface area (Å²) < 4.78 is 11.7. The Kier molecular flexibility index (Phi) is 5.86. The zero-order chi connectivity index (χ0) is 12.8. The summed E-state index contributed by atoms with van der Waals surface area (Å²) in [6.07, 6.45) is 2.26. The van der Waals surface area contributed by atoms with Gasteiger partial charge in [0.1, 0.15) is 0 Å². The van der Waals surface area contributed by atoms with Crippen molar-refractivity contribution in [1.29, 1.82) is 0 Å². The molecule has 0 radical (unpaired) electrons. The third-order valence-corrected chi connectivity index (χ3v) is 4.56. The van der Waals surface area contributed by atoms with Gasteiger partial charge in [0, 0.05) is 27.8 Å². The Morgan fingerprint density at radius 2 is 1.82 bits per heavy atom. The molecule has 1 aromatic carbocycles. The van der Waals surface area contributed by atoms with Crippen molar-refractivity contribution in [1.82, 2.24) is 0 Å². The van der Waals surface area contributed by atoms with Gasteiger partial charge in [-0.15, -0.1) is 0 Å². The Morgan fingerprint density at radius 1 is 1.24 bits per heavy atom. The molecule has 0 aliphatic heterocycles. The molecule has 0 saturated carbocycles. The predicted octanol–water partition coefficient (Wildman–Crippen LogP) is 2.80. The number of rotatable bonds is 6. The molecule has 3 heteroatoms. The lowest BCUT2D eigenvalue weighted by Gasteiger charge is -2.14. The van der Waals surface area contributed by atoms with Crippen molar-refractivity contribution < 1.29 is 4.21 Å². The zero-order valence-corrected chi connectivity index (χ0v) is 11.8. The van der Waals surface area contributed by atoms with Crippen molar-refractivity contribution in [2.45, 2.75) is 44.9 Å². The number of aryl methyl sites for hydroxylation is 1. The highest BCUT2D eigenvalue weighted by Crippen LogP contribution is 2.15. The Bertz CT molecular complexity index is 359. The van der Waals surface area contributed by atoms with Crippen LogP contribution >= 0.6 is 0 Å². The topological polar surface area (TPSA) is 43.1 Å². The van der Waals surface area contributed by atoms with Crippen molar-refractivity contribution in [3.63, 3.8) is 0 Å². The van der Waals surface area contributed by atoms with Crippen molar-refractivity contribution in [3.05, 3.63) is 35.4 Å². The number of nitrogens with two attached hydrogens (primary N) is 1. The highest BCUT2D eigenvalue weighted by atomic mass is 32.2. The fraction of sp³-hybridized carbons (Fsp3) is 0.571. The predicted molar refractivity (Wildman–Crippen MR) is 75.5 cm³/mol. The van der Waals surface area contributed by atoms with E-state index in [1.165, 1.54) is 5.56 Å². The van der Waals surface area contributed by atoms with Crippen LogP contribution < -0.4 is 5.73 Å². The molecule has 0 saturated heterocycles. The van der Waals surface area contributed by atoms with Gasteiger partial charge in [0.15, 0.2) is 0 Å². The van der Waals surface area contributed by atoms with Crippen LogP contribution in [0.15, 0.2) is 24.3 Å². The maximum atomic E-state index is 11.7. The van der Waals surface area contributed by atoms with Crippen LogP contribution in [0, 0.1) is 0 Å². The minimum atomic E-state index is -0.836. The van der Waals surface area contributed by atoms with Gasteiger partial charge in [-0.2, -0.15) is 0 Å². The van der Waals surface area contributed by atoms with Crippen LogP contribution in [0.1, 0.15) is 44.4 Å². The smallest absolute Gasteiger partial charge is 0.0431 e. The highest BCUT2D eigenvalue weighted by molar-refractivity contribution is 7.85. The molecule has 96 valence electrons. The van der Waals surface area contributed by atoms with Crippen molar-refractivity contribution in [3.8, 4) is 0 Å². The Morgan fingerprint density at radius 3 is 2.29 bits per heavy atom. The summed E-state index contributed by atoms with van der Waals surface area (Å²) in [6.45, 7) is 6.10. The summed E-state index contributed by atoms with van der Waals surface area (Å²) in [7, 11) is -0.836. The van der Waals surface area contributed by atoms with E-state index in [1.807, 2.05) is 13.8 Å². The van der Waals surface area contributed by atoms with Gasteiger partial charge in [0.2, 0.25) is 0 Å². The van der Waals surface area contributed by atoms with Gasteiger partial charge in [-0.25, -0.2) is 0 Å². The fourth-order valence-corrected chi connectivity index (χ4v) is 2.62. The molecule has 2 unspecified atom stereocenters. The molecule has 0 aliphatic rings. The molecule has 0 amide bonds. The van der Waals surface area contributed by atoms with Gasteiger partial charge in [-0.3, -0.25) is 4.21 Å². The van der Waals surface area contributed by atoms with E-state index in [-0.39, 0.29) is 11.3 Å². The monoisotopic (exact) mass is 253 g/mol. The molecule has 1 rings (SSSR count). The minimum absolute atomic E-state index is 0.117. The van der Waals surface area contributed by atoms with Gasteiger partial charge in [0.05, 0.1) is 0 Å². The van der Waals surface area contributed by atoms with E-state index < -0.39 is 10.8 Å². The fourth-order valence-electron chi connectivity index (χ4n) is 1.69. The van der Waals surface area contributed by atoms with Crippen LogP contribution in [0.5, 0.6) is 0 Å². The van der Waals surface area contributed by atoms with Crippen LogP contribution in [-0.2, 0) is 17.2 Å². The summed E-state index contributed by atoms with van der Waals surface area (Å²) in [6, 6.07) is 8.25. The van der Waals surface area contributed by atoms with Crippen LogP contribution in [-0.4, -0.2) is 15.2 Å². The lowest BCUT2D eigenvalue weighted by molar-refractivity contribution is 0.668. The van der Waals surface area contributed by atoms with Gasteiger partial charge < -0.3 is 5.73 Å². The molecule has 2 atom stereocenters. The number of hydrogen-bond donors (Lipinski definition) is 1. The van der Waals surface area contributed by atoms with E-state index in [9.17, 15) is 4.21 Å². The zero-order valence-electron chi connectivity index (χ0n) is 11.0. The summed E-state index contributed by atoms with van der Waals surface area (Å²) in [5.41, 5.74) is 8.49. The minimum Gasteiger partial charge on any atom is -0.323 e.